The quantitative estimate of drug-likeness (QED) is 0.673. The van der Waals surface area contributed by atoms with Crippen molar-refractivity contribution in [2.45, 2.75) is 45.6 Å². The van der Waals surface area contributed by atoms with Gasteiger partial charge < -0.3 is 5.11 Å². The number of hydrogen-bond donors (Lipinski definition) is 1. The number of aromatic nitrogens is 1. The van der Waals surface area contributed by atoms with Crippen molar-refractivity contribution in [1.82, 2.24) is 4.98 Å². The summed E-state index contributed by atoms with van der Waals surface area (Å²) in [7, 11) is 0. The SMILES string of the molecule is CC(C)(Cc1ccccc1)CC(C)(O)Cc1ccnc2ccccc12. The predicted octanol–water partition coefficient (Wildman–Crippen LogP) is 5.19. The molecule has 3 aromatic rings. The number of nitrogens with zero attached hydrogens (tertiary/aromatic N) is 1. The highest BCUT2D eigenvalue weighted by molar-refractivity contribution is 5.81. The summed E-state index contributed by atoms with van der Waals surface area (Å²) in [5.74, 6) is 0. The Morgan fingerprint density at radius 3 is 2.28 bits per heavy atom. The van der Waals surface area contributed by atoms with Gasteiger partial charge in [-0.05, 0) is 48.4 Å². The Hall–Kier alpha value is -2.19. The summed E-state index contributed by atoms with van der Waals surface area (Å²) in [6, 6.07) is 20.7. The molecule has 0 amide bonds. The van der Waals surface area contributed by atoms with Crippen molar-refractivity contribution in [3.8, 4) is 0 Å². The Morgan fingerprint density at radius 2 is 1.52 bits per heavy atom. The van der Waals surface area contributed by atoms with Crippen molar-refractivity contribution < 1.29 is 5.11 Å². The van der Waals surface area contributed by atoms with E-state index < -0.39 is 5.60 Å². The summed E-state index contributed by atoms with van der Waals surface area (Å²) < 4.78 is 0. The molecule has 1 atom stereocenters. The van der Waals surface area contributed by atoms with E-state index in [9.17, 15) is 5.11 Å². The van der Waals surface area contributed by atoms with Gasteiger partial charge in [0.25, 0.3) is 0 Å². The Morgan fingerprint density at radius 1 is 0.840 bits per heavy atom. The molecular formula is C23H27NO. The first kappa shape index (κ1) is 17.6. The van der Waals surface area contributed by atoms with Gasteiger partial charge in [0.2, 0.25) is 0 Å². The average Bonchev–Trinajstić information content (AvgIpc) is 2.54. The summed E-state index contributed by atoms with van der Waals surface area (Å²) in [6.07, 6.45) is 4.17. The summed E-state index contributed by atoms with van der Waals surface area (Å²) in [6.45, 7) is 6.42. The maximum absolute atomic E-state index is 11.1. The Balaban J connectivity index is 1.76. The highest BCUT2D eigenvalue weighted by atomic mass is 16.3. The van der Waals surface area contributed by atoms with Gasteiger partial charge in [-0.3, -0.25) is 4.98 Å². The lowest BCUT2D eigenvalue weighted by Gasteiger charge is -2.34. The molecule has 0 aliphatic rings. The fraction of sp³-hybridized carbons (Fsp3) is 0.348. The molecule has 0 aliphatic heterocycles. The van der Waals surface area contributed by atoms with Crippen LogP contribution in [-0.2, 0) is 12.8 Å². The first-order valence-corrected chi connectivity index (χ1v) is 8.94. The molecule has 130 valence electrons. The van der Waals surface area contributed by atoms with Crippen LogP contribution in [-0.4, -0.2) is 15.7 Å². The van der Waals surface area contributed by atoms with Gasteiger partial charge in [0, 0.05) is 18.0 Å². The van der Waals surface area contributed by atoms with Gasteiger partial charge in [-0.2, -0.15) is 0 Å². The van der Waals surface area contributed by atoms with E-state index >= 15 is 0 Å². The third-order valence-corrected chi connectivity index (χ3v) is 4.70. The monoisotopic (exact) mass is 333 g/mol. The second-order valence-corrected chi connectivity index (χ2v) is 8.16. The zero-order valence-electron chi connectivity index (χ0n) is 15.4. The van der Waals surface area contributed by atoms with E-state index in [4.69, 9.17) is 0 Å². The van der Waals surface area contributed by atoms with Crippen molar-refractivity contribution in [1.29, 1.82) is 0 Å². The molecule has 0 spiro atoms. The lowest BCUT2D eigenvalue weighted by atomic mass is 9.75. The summed E-state index contributed by atoms with van der Waals surface area (Å²) in [5, 5.41) is 12.3. The van der Waals surface area contributed by atoms with E-state index in [-0.39, 0.29) is 5.41 Å². The zero-order valence-corrected chi connectivity index (χ0v) is 15.4. The highest BCUT2D eigenvalue weighted by Crippen LogP contribution is 2.34. The Bertz CT molecular complexity index is 832. The van der Waals surface area contributed by atoms with Crippen LogP contribution in [0.5, 0.6) is 0 Å². The van der Waals surface area contributed by atoms with Gasteiger partial charge in [-0.25, -0.2) is 0 Å². The largest absolute Gasteiger partial charge is 0.390 e. The molecule has 1 heterocycles. The van der Waals surface area contributed by atoms with Gasteiger partial charge in [0.1, 0.15) is 0 Å². The highest BCUT2D eigenvalue weighted by Gasteiger charge is 2.31. The molecule has 2 aromatic carbocycles. The first-order chi connectivity index (χ1) is 11.8. The molecular weight excluding hydrogens is 306 g/mol. The van der Waals surface area contributed by atoms with Gasteiger partial charge >= 0.3 is 0 Å². The summed E-state index contributed by atoms with van der Waals surface area (Å²) in [4.78, 5) is 4.42. The van der Waals surface area contributed by atoms with E-state index in [1.165, 1.54) is 5.56 Å². The second kappa shape index (κ2) is 6.97. The Kier molecular flexibility index (Phi) is 4.91. The molecule has 0 saturated heterocycles. The maximum Gasteiger partial charge on any atom is 0.0704 e. The van der Waals surface area contributed by atoms with Crippen LogP contribution >= 0.6 is 0 Å². The number of pyridine rings is 1. The van der Waals surface area contributed by atoms with E-state index in [0.29, 0.717) is 6.42 Å². The van der Waals surface area contributed by atoms with Crippen LogP contribution < -0.4 is 0 Å². The number of aliphatic hydroxyl groups is 1. The molecule has 0 radical (unpaired) electrons. The van der Waals surface area contributed by atoms with Crippen LogP contribution in [0.15, 0.2) is 66.9 Å². The van der Waals surface area contributed by atoms with Crippen molar-refractivity contribution >= 4 is 10.9 Å². The van der Waals surface area contributed by atoms with Crippen molar-refractivity contribution in [2.24, 2.45) is 5.41 Å². The molecule has 0 bridgehead atoms. The van der Waals surface area contributed by atoms with Crippen LogP contribution in [0, 0.1) is 5.41 Å². The van der Waals surface area contributed by atoms with Crippen LogP contribution in [0.2, 0.25) is 0 Å². The summed E-state index contributed by atoms with van der Waals surface area (Å²) in [5.41, 5.74) is 2.72. The molecule has 1 N–H and O–H groups in total. The number of benzene rings is 2. The average molecular weight is 333 g/mol. The number of rotatable bonds is 6. The number of hydrogen-bond acceptors (Lipinski definition) is 2. The molecule has 0 aliphatic carbocycles. The zero-order chi connectivity index (χ0) is 17.9. The fourth-order valence-corrected chi connectivity index (χ4v) is 4.02. The summed E-state index contributed by atoms with van der Waals surface area (Å²) >= 11 is 0. The molecule has 0 saturated carbocycles. The normalized spacial score (nSPS) is 14.4. The molecule has 1 aromatic heterocycles. The number of para-hydroxylation sites is 1. The molecule has 1 unspecified atom stereocenters. The van der Waals surface area contributed by atoms with Crippen LogP contribution in [0.3, 0.4) is 0 Å². The van der Waals surface area contributed by atoms with Crippen LogP contribution in [0.4, 0.5) is 0 Å². The third kappa shape index (κ3) is 4.67. The minimum Gasteiger partial charge on any atom is -0.390 e. The van der Waals surface area contributed by atoms with Crippen molar-refractivity contribution in [2.75, 3.05) is 0 Å². The van der Waals surface area contributed by atoms with Crippen molar-refractivity contribution in [3.63, 3.8) is 0 Å². The first-order valence-electron chi connectivity index (χ1n) is 8.94. The standard InChI is InChI=1S/C23H27NO/c1-22(2,15-18-9-5-4-6-10-18)17-23(3,25)16-19-13-14-24-21-12-8-7-11-20(19)21/h4-14,25H,15-17H2,1-3H3. The fourth-order valence-electron chi connectivity index (χ4n) is 4.02. The molecule has 2 heteroatoms. The number of fused-ring (bicyclic) bond motifs is 1. The van der Waals surface area contributed by atoms with E-state index in [0.717, 1.165) is 29.3 Å². The maximum atomic E-state index is 11.1. The molecule has 2 nitrogen and oxygen atoms in total. The van der Waals surface area contributed by atoms with E-state index in [1.54, 1.807) is 0 Å². The lowest BCUT2D eigenvalue weighted by molar-refractivity contribution is 0.0152. The predicted molar refractivity (Wildman–Crippen MR) is 105 cm³/mol. The molecule has 3 rings (SSSR count). The van der Waals surface area contributed by atoms with Crippen molar-refractivity contribution in [3.05, 3.63) is 78.0 Å². The van der Waals surface area contributed by atoms with Gasteiger partial charge in [0.15, 0.2) is 0 Å². The van der Waals surface area contributed by atoms with Crippen LogP contribution in [0.25, 0.3) is 10.9 Å². The van der Waals surface area contributed by atoms with E-state index in [1.807, 2.05) is 43.5 Å². The lowest BCUT2D eigenvalue weighted by Crippen LogP contribution is -2.35. The third-order valence-electron chi connectivity index (χ3n) is 4.70. The minimum atomic E-state index is -0.762. The smallest absolute Gasteiger partial charge is 0.0704 e. The van der Waals surface area contributed by atoms with Gasteiger partial charge in [-0.1, -0.05) is 62.4 Å². The van der Waals surface area contributed by atoms with E-state index in [2.05, 4.69) is 49.2 Å². The molecule has 25 heavy (non-hydrogen) atoms. The second-order valence-electron chi connectivity index (χ2n) is 8.16. The topological polar surface area (TPSA) is 33.1 Å². The van der Waals surface area contributed by atoms with Crippen LogP contribution in [0.1, 0.15) is 38.3 Å². The Labute approximate surface area is 150 Å². The molecule has 0 fully saturated rings. The minimum absolute atomic E-state index is 0.0215. The van der Waals surface area contributed by atoms with Gasteiger partial charge in [-0.15, -0.1) is 0 Å². The van der Waals surface area contributed by atoms with Gasteiger partial charge in [0.05, 0.1) is 11.1 Å².